The third-order valence-electron chi connectivity index (χ3n) is 4.03. The highest BCUT2D eigenvalue weighted by Crippen LogP contribution is 2.32. The summed E-state index contributed by atoms with van der Waals surface area (Å²) in [6.07, 6.45) is 1.02. The number of carboxylic acids is 2. The molecule has 0 aromatic heterocycles. The zero-order valence-electron chi connectivity index (χ0n) is 16.9. The minimum Gasteiger partial charge on any atom is -0.473 e. The number of aryl methyl sites for hydroxylation is 2. The summed E-state index contributed by atoms with van der Waals surface area (Å²) in [5, 5.41) is 18.5. The molecule has 9 heteroatoms. The predicted molar refractivity (Wildman–Crippen MR) is 117 cm³/mol. The molecule has 0 fully saturated rings. The summed E-state index contributed by atoms with van der Waals surface area (Å²) in [7, 11) is 1.91. The number of carboxylic acid groups (broad SMARTS) is 2. The molecule has 0 aliphatic carbocycles. The number of likely N-dealkylation sites (N-methyl/N-ethyl adjacent to an activating group) is 1. The molecule has 1 amide bonds. The zero-order valence-corrected chi connectivity index (χ0v) is 18.4. The molecule has 0 saturated carbocycles. The van der Waals surface area contributed by atoms with Gasteiger partial charge in [-0.05, 0) is 43.1 Å². The Morgan fingerprint density at radius 2 is 1.50 bits per heavy atom. The van der Waals surface area contributed by atoms with Gasteiger partial charge < -0.3 is 15.5 Å². The van der Waals surface area contributed by atoms with Gasteiger partial charge in [-0.2, -0.15) is 0 Å². The minimum atomic E-state index is -1.82. The van der Waals surface area contributed by atoms with Gasteiger partial charge in [0, 0.05) is 6.54 Å². The van der Waals surface area contributed by atoms with Gasteiger partial charge in [-0.25, -0.2) is 9.59 Å². The van der Waals surface area contributed by atoms with Crippen molar-refractivity contribution in [3.05, 3.63) is 63.1 Å². The summed E-state index contributed by atoms with van der Waals surface area (Å²) >= 11 is 12.4. The van der Waals surface area contributed by atoms with Crippen molar-refractivity contribution in [3.63, 3.8) is 0 Å². The van der Waals surface area contributed by atoms with Crippen molar-refractivity contribution >= 4 is 46.7 Å². The Hall–Kier alpha value is -2.61. The fraction of sp³-hybridized carbons (Fsp3) is 0.286. The Morgan fingerprint density at radius 1 is 0.967 bits per heavy atom. The van der Waals surface area contributed by atoms with Crippen LogP contribution in [0.5, 0.6) is 0 Å². The predicted octanol–water partition coefficient (Wildman–Crippen LogP) is 4.09. The van der Waals surface area contributed by atoms with E-state index in [0.29, 0.717) is 22.3 Å². The third kappa shape index (κ3) is 8.41. The number of hydrogen-bond donors (Lipinski definition) is 3. The fourth-order valence-electron chi connectivity index (χ4n) is 2.44. The maximum atomic E-state index is 12.3. The second-order valence-electron chi connectivity index (χ2n) is 6.55. The number of amides is 1. The van der Waals surface area contributed by atoms with Gasteiger partial charge in [-0.1, -0.05) is 60.5 Å². The first-order valence-corrected chi connectivity index (χ1v) is 9.77. The molecular weight excluding hydrogens is 431 g/mol. The van der Waals surface area contributed by atoms with Gasteiger partial charge >= 0.3 is 11.9 Å². The van der Waals surface area contributed by atoms with Crippen LogP contribution in [-0.4, -0.2) is 46.6 Å². The monoisotopic (exact) mass is 454 g/mol. The summed E-state index contributed by atoms with van der Waals surface area (Å²) in [6, 6.07) is 12.0. The largest absolute Gasteiger partial charge is 0.473 e. The highest BCUT2D eigenvalue weighted by atomic mass is 35.5. The molecule has 0 aliphatic heterocycles. The van der Waals surface area contributed by atoms with Gasteiger partial charge in [0.15, 0.2) is 0 Å². The van der Waals surface area contributed by atoms with E-state index in [9.17, 15) is 4.79 Å². The van der Waals surface area contributed by atoms with Crippen LogP contribution < -0.4 is 5.32 Å². The lowest BCUT2D eigenvalue weighted by molar-refractivity contribution is -0.159. The average molecular weight is 455 g/mol. The lowest BCUT2D eigenvalue weighted by Gasteiger charge is -2.17. The Kier molecular flexibility index (Phi) is 10.3. The summed E-state index contributed by atoms with van der Waals surface area (Å²) in [5.41, 5.74) is 3.83. The van der Waals surface area contributed by atoms with Crippen LogP contribution >= 0.6 is 23.2 Å². The van der Waals surface area contributed by atoms with Gasteiger partial charge in [0.25, 0.3) is 0 Å². The highest BCUT2D eigenvalue weighted by Gasteiger charge is 2.13. The van der Waals surface area contributed by atoms with E-state index in [2.05, 4.69) is 36.5 Å². The molecule has 0 atom stereocenters. The average Bonchev–Trinajstić information content (AvgIpc) is 2.69. The van der Waals surface area contributed by atoms with Crippen LogP contribution in [0.1, 0.15) is 23.6 Å². The fourth-order valence-corrected chi connectivity index (χ4v) is 2.91. The molecular formula is C21H24Cl2N2O5. The molecule has 2 rings (SSSR count). The SMILES string of the molecule is CCc1ccc(CN(C)CC(=O)Nc2c(Cl)ccc(C)c2Cl)cc1.O=C(O)C(=O)O. The highest BCUT2D eigenvalue weighted by molar-refractivity contribution is 6.40. The number of nitrogens with one attached hydrogen (secondary N) is 1. The molecule has 0 unspecified atom stereocenters. The Morgan fingerprint density at radius 3 is 2.00 bits per heavy atom. The molecule has 30 heavy (non-hydrogen) atoms. The van der Waals surface area contributed by atoms with E-state index in [1.165, 1.54) is 11.1 Å². The van der Waals surface area contributed by atoms with E-state index in [1.807, 2.05) is 24.9 Å². The van der Waals surface area contributed by atoms with Crippen LogP contribution in [0.15, 0.2) is 36.4 Å². The van der Waals surface area contributed by atoms with Crippen LogP contribution in [0.2, 0.25) is 10.0 Å². The molecule has 2 aromatic rings. The number of benzene rings is 2. The second-order valence-corrected chi connectivity index (χ2v) is 7.34. The van der Waals surface area contributed by atoms with E-state index in [-0.39, 0.29) is 12.5 Å². The molecule has 3 N–H and O–H groups in total. The Bertz CT molecular complexity index is 889. The molecule has 162 valence electrons. The maximum absolute atomic E-state index is 12.3. The molecule has 0 spiro atoms. The van der Waals surface area contributed by atoms with Crippen molar-refractivity contribution in [1.29, 1.82) is 0 Å². The van der Waals surface area contributed by atoms with Gasteiger partial charge in [-0.15, -0.1) is 0 Å². The number of nitrogens with zero attached hydrogens (tertiary/aromatic N) is 1. The van der Waals surface area contributed by atoms with E-state index in [0.717, 1.165) is 12.0 Å². The minimum absolute atomic E-state index is 0.142. The van der Waals surface area contributed by atoms with Crippen molar-refractivity contribution in [1.82, 2.24) is 4.90 Å². The number of aliphatic carboxylic acids is 2. The lowest BCUT2D eigenvalue weighted by atomic mass is 10.1. The first-order chi connectivity index (χ1) is 14.0. The van der Waals surface area contributed by atoms with E-state index in [1.54, 1.807) is 6.07 Å². The lowest BCUT2D eigenvalue weighted by Crippen LogP contribution is -2.30. The quantitative estimate of drug-likeness (QED) is 0.567. The van der Waals surface area contributed by atoms with Crippen LogP contribution in [0.4, 0.5) is 5.69 Å². The van der Waals surface area contributed by atoms with Crippen molar-refractivity contribution in [2.24, 2.45) is 0 Å². The van der Waals surface area contributed by atoms with E-state index < -0.39 is 11.9 Å². The van der Waals surface area contributed by atoms with Crippen LogP contribution in [0.25, 0.3) is 0 Å². The summed E-state index contributed by atoms with van der Waals surface area (Å²) in [4.78, 5) is 32.4. The number of halogens is 2. The molecule has 0 aliphatic rings. The van der Waals surface area contributed by atoms with Gasteiger partial charge in [0.1, 0.15) is 0 Å². The second kappa shape index (κ2) is 12.2. The number of carbonyl (C=O) groups excluding carboxylic acids is 1. The van der Waals surface area contributed by atoms with E-state index >= 15 is 0 Å². The normalized spacial score (nSPS) is 10.2. The van der Waals surface area contributed by atoms with Gasteiger partial charge in [0.05, 0.1) is 22.3 Å². The molecule has 0 bridgehead atoms. The molecule has 7 nitrogen and oxygen atoms in total. The van der Waals surface area contributed by atoms with Gasteiger partial charge in [0.2, 0.25) is 5.91 Å². The summed E-state index contributed by atoms with van der Waals surface area (Å²) < 4.78 is 0. The van der Waals surface area contributed by atoms with Crippen molar-refractivity contribution in [2.45, 2.75) is 26.8 Å². The molecule has 0 saturated heterocycles. The van der Waals surface area contributed by atoms with Crippen molar-refractivity contribution < 1.29 is 24.6 Å². The maximum Gasteiger partial charge on any atom is 0.414 e. The Balaban J connectivity index is 0.000000656. The Labute approximate surface area is 185 Å². The number of rotatable bonds is 6. The summed E-state index contributed by atoms with van der Waals surface area (Å²) in [6.45, 7) is 4.97. The molecule has 2 aromatic carbocycles. The number of hydrogen-bond acceptors (Lipinski definition) is 4. The van der Waals surface area contributed by atoms with Crippen molar-refractivity contribution in [3.8, 4) is 0 Å². The van der Waals surface area contributed by atoms with Crippen LogP contribution in [-0.2, 0) is 27.3 Å². The third-order valence-corrected chi connectivity index (χ3v) is 4.83. The molecule has 0 radical (unpaired) electrons. The zero-order chi connectivity index (χ0) is 22.8. The van der Waals surface area contributed by atoms with Gasteiger partial charge in [-0.3, -0.25) is 9.69 Å². The first kappa shape index (κ1) is 25.4. The van der Waals surface area contributed by atoms with Crippen molar-refractivity contribution in [2.75, 3.05) is 18.9 Å². The van der Waals surface area contributed by atoms with Crippen LogP contribution in [0.3, 0.4) is 0 Å². The smallest absolute Gasteiger partial charge is 0.414 e. The number of carbonyl (C=O) groups is 3. The number of anilines is 1. The standard InChI is InChI=1S/C19H22Cl2N2O.C2H2O4/c1-4-14-6-8-15(9-7-14)11-23(3)12-17(24)22-19-16(20)10-5-13(2)18(19)21;3-1(4)2(5)6/h5-10H,4,11-12H2,1-3H3,(H,22,24);(H,3,4)(H,5,6). The van der Waals surface area contributed by atoms with Crippen LogP contribution in [0, 0.1) is 6.92 Å². The van der Waals surface area contributed by atoms with E-state index in [4.69, 9.17) is 43.0 Å². The summed E-state index contributed by atoms with van der Waals surface area (Å²) in [5.74, 6) is -3.79. The topological polar surface area (TPSA) is 107 Å². The first-order valence-electron chi connectivity index (χ1n) is 9.02. The molecule has 0 heterocycles.